The summed E-state index contributed by atoms with van der Waals surface area (Å²) in [6.45, 7) is 5.84. The number of hydrogen-bond donors (Lipinski definition) is 2. The Morgan fingerprint density at radius 2 is 2.05 bits per heavy atom. The highest BCUT2D eigenvalue weighted by atomic mass is 16.3. The first-order chi connectivity index (χ1) is 9.04. The van der Waals surface area contributed by atoms with Gasteiger partial charge in [0.2, 0.25) is 5.91 Å². The van der Waals surface area contributed by atoms with E-state index < -0.39 is 0 Å². The third kappa shape index (κ3) is 2.63. The van der Waals surface area contributed by atoms with Crippen LogP contribution in [-0.2, 0) is 11.2 Å². The van der Waals surface area contributed by atoms with Gasteiger partial charge in [-0.25, -0.2) is 0 Å². The van der Waals surface area contributed by atoms with Crippen LogP contribution in [0.4, 0.5) is 0 Å². The van der Waals surface area contributed by atoms with E-state index in [0.29, 0.717) is 0 Å². The maximum atomic E-state index is 11.1. The smallest absolute Gasteiger partial charge is 0.234 e. The molecule has 2 atom stereocenters. The van der Waals surface area contributed by atoms with E-state index in [0.717, 1.165) is 23.2 Å². The molecule has 1 aromatic heterocycles. The Morgan fingerprint density at radius 3 is 2.68 bits per heavy atom. The number of furan rings is 1. The lowest BCUT2D eigenvalue weighted by Gasteiger charge is -2.16. The van der Waals surface area contributed by atoms with Crippen LogP contribution in [0, 0.1) is 0 Å². The minimum atomic E-state index is -0.382. The van der Waals surface area contributed by atoms with Crippen LogP contribution in [0.3, 0.4) is 0 Å². The molecule has 4 heteroatoms. The normalized spacial score (nSPS) is 14.5. The molecule has 0 radical (unpaired) electrons. The fourth-order valence-electron chi connectivity index (χ4n) is 2.36. The number of nitrogens with one attached hydrogen (secondary N) is 1. The van der Waals surface area contributed by atoms with E-state index >= 15 is 0 Å². The topological polar surface area (TPSA) is 68.3 Å². The number of nitrogens with two attached hydrogens (primary N) is 1. The van der Waals surface area contributed by atoms with Gasteiger partial charge in [0.1, 0.15) is 11.3 Å². The van der Waals surface area contributed by atoms with Gasteiger partial charge in [-0.2, -0.15) is 0 Å². The lowest BCUT2D eigenvalue weighted by molar-refractivity contribution is -0.119. The molecule has 0 saturated heterocycles. The Labute approximate surface area is 113 Å². The lowest BCUT2D eigenvalue weighted by atomic mass is 10.0. The zero-order valence-electron chi connectivity index (χ0n) is 11.6. The Morgan fingerprint density at radius 1 is 1.37 bits per heavy atom. The Hall–Kier alpha value is -1.81. The number of benzene rings is 1. The van der Waals surface area contributed by atoms with Crippen molar-refractivity contribution in [2.75, 3.05) is 0 Å². The predicted molar refractivity (Wildman–Crippen MR) is 75.8 cm³/mol. The molecule has 0 saturated carbocycles. The van der Waals surface area contributed by atoms with E-state index in [1.807, 2.05) is 25.1 Å². The van der Waals surface area contributed by atoms with Crippen molar-refractivity contribution in [1.29, 1.82) is 0 Å². The molecule has 0 bridgehead atoms. The van der Waals surface area contributed by atoms with Crippen molar-refractivity contribution in [1.82, 2.24) is 5.32 Å². The maximum absolute atomic E-state index is 11.1. The molecule has 102 valence electrons. The molecule has 2 rings (SSSR count). The number of hydrogen-bond acceptors (Lipinski definition) is 3. The van der Waals surface area contributed by atoms with Crippen molar-refractivity contribution >= 4 is 16.9 Å². The highest BCUT2D eigenvalue weighted by Crippen LogP contribution is 2.30. The monoisotopic (exact) mass is 260 g/mol. The minimum Gasteiger partial charge on any atom is -0.459 e. The second-order valence-electron chi connectivity index (χ2n) is 4.81. The first-order valence-electron chi connectivity index (χ1n) is 6.60. The van der Waals surface area contributed by atoms with Crippen molar-refractivity contribution in [2.24, 2.45) is 5.73 Å². The quantitative estimate of drug-likeness (QED) is 0.868. The van der Waals surface area contributed by atoms with Gasteiger partial charge in [-0.3, -0.25) is 10.1 Å². The molecular formula is C15H20N2O2. The van der Waals surface area contributed by atoms with E-state index in [2.05, 4.69) is 18.3 Å². The maximum Gasteiger partial charge on any atom is 0.234 e. The van der Waals surface area contributed by atoms with Crippen molar-refractivity contribution in [2.45, 2.75) is 39.3 Å². The second kappa shape index (κ2) is 5.45. The summed E-state index contributed by atoms with van der Waals surface area (Å²) >= 11 is 0. The number of carbonyl (C=O) groups excluding carboxylic acids is 1. The van der Waals surface area contributed by atoms with Gasteiger partial charge < -0.3 is 10.2 Å². The fraction of sp³-hybridized carbons (Fsp3) is 0.400. The molecule has 0 aliphatic heterocycles. The predicted octanol–water partition coefficient (Wildman–Crippen LogP) is 2.52. The average Bonchev–Trinajstić information content (AvgIpc) is 2.76. The van der Waals surface area contributed by atoms with E-state index in [1.165, 1.54) is 5.56 Å². The Kier molecular flexibility index (Phi) is 3.90. The molecule has 1 heterocycles. The van der Waals surface area contributed by atoms with Crippen molar-refractivity contribution in [3.05, 3.63) is 35.6 Å². The number of primary amides is 1. The third-order valence-corrected chi connectivity index (χ3v) is 3.40. The van der Waals surface area contributed by atoms with Crippen LogP contribution < -0.4 is 11.1 Å². The van der Waals surface area contributed by atoms with Crippen molar-refractivity contribution < 1.29 is 9.21 Å². The van der Waals surface area contributed by atoms with Crippen LogP contribution in [0.5, 0.6) is 0 Å². The van der Waals surface area contributed by atoms with Gasteiger partial charge in [0.15, 0.2) is 0 Å². The molecule has 0 aliphatic rings. The zero-order chi connectivity index (χ0) is 14.0. The highest BCUT2D eigenvalue weighted by molar-refractivity contribution is 5.82. The molecule has 0 fully saturated rings. The molecule has 1 amide bonds. The Balaban J connectivity index is 2.36. The first kappa shape index (κ1) is 13.6. The summed E-state index contributed by atoms with van der Waals surface area (Å²) < 4.78 is 5.92. The molecule has 2 unspecified atom stereocenters. The van der Waals surface area contributed by atoms with Gasteiger partial charge in [0.25, 0.3) is 0 Å². The first-order valence-corrected chi connectivity index (χ1v) is 6.60. The van der Waals surface area contributed by atoms with E-state index in [4.69, 9.17) is 10.2 Å². The number of aryl methyl sites for hydroxylation is 1. The summed E-state index contributed by atoms with van der Waals surface area (Å²) in [6, 6.07) is 7.55. The number of amides is 1. The van der Waals surface area contributed by atoms with Gasteiger partial charge in [-0.15, -0.1) is 0 Å². The molecule has 4 nitrogen and oxygen atoms in total. The average molecular weight is 260 g/mol. The van der Waals surface area contributed by atoms with Crippen LogP contribution in [0.2, 0.25) is 0 Å². The van der Waals surface area contributed by atoms with Crippen LogP contribution in [0.25, 0.3) is 11.0 Å². The molecule has 1 aromatic carbocycles. The van der Waals surface area contributed by atoms with E-state index in [-0.39, 0.29) is 18.0 Å². The summed E-state index contributed by atoms with van der Waals surface area (Å²) in [5.74, 6) is 0.526. The second-order valence-corrected chi connectivity index (χ2v) is 4.81. The standard InChI is InChI=1S/C15H20N2O2/c1-4-11-12-7-5-6-8-13(12)19-14(11)9(2)17-10(3)15(16)18/h5-10,17H,4H2,1-3H3,(H2,16,18). The highest BCUT2D eigenvalue weighted by Gasteiger charge is 2.20. The summed E-state index contributed by atoms with van der Waals surface area (Å²) in [6.07, 6.45) is 0.892. The largest absolute Gasteiger partial charge is 0.459 e. The summed E-state index contributed by atoms with van der Waals surface area (Å²) in [5, 5.41) is 4.30. The molecule has 19 heavy (non-hydrogen) atoms. The van der Waals surface area contributed by atoms with Crippen LogP contribution in [-0.4, -0.2) is 11.9 Å². The van der Waals surface area contributed by atoms with Crippen LogP contribution in [0.15, 0.2) is 28.7 Å². The number of rotatable bonds is 5. The van der Waals surface area contributed by atoms with Crippen LogP contribution >= 0.6 is 0 Å². The number of carbonyl (C=O) groups is 1. The van der Waals surface area contributed by atoms with Gasteiger partial charge >= 0.3 is 0 Å². The third-order valence-electron chi connectivity index (χ3n) is 3.40. The van der Waals surface area contributed by atoms with Crippen molar-refractivity contribution in [3.8, 4) is 0 Å². The Bertz CT molecular complexity index is 589. The number of para-hydroxylation sites is 1. The SMILES string of the molecule is CCc1c(C(C)NC(C)C(N)=O)oc2ccccc12. The van der Waals surface area contributed by atoms with E-state index in [1.54, 1.807) is 6.92 Å². The molecule has 0 aliphatic carbocycles. The van der Waals surface area contributed by atoms with Crippen molar-refractivity contribution in [3.63, 3.8) is 0 Å². The summed E-state index contributed by atoms with van der Waals surface area (Å²) in [4.78, 5) is 11.1. The zero-order valence-corrected chi connectivity index (χ0v) is 11.6. The molecular weight excluding hydrogens is 240 g/mol. The molecule has 3 N–H and O–H groups in total. The van der Waals surface area contributed by atoms with E-state index in [9.17, 15) is 4.79 Å². The van der Waals surface area contributed by atoms with Gasteiger partial charge in [0.05, 0.1) is 12.1 Å². The fourth-order valence-corrected chi connectivity index (χ4v) is 2.36. The van der Waals surface area contributed by atoms with Gasteiger partial charge in [-0.05, 0) is 26.3 Å². The minimum absolute atomic E-state index is 0.0511. The summed E-state index contributed by atoms with van der Waals surface area (Å²) in [5.41, 5.74) is 7.35. The lowest BCUT2D eigenvalue weighted by Crippen LogP contribution is -2.40. The molecule has 2 aromatic rings. The van der Waals surface area contributed by atoms with Gasteiger partial charge in [-0.1, -0.05) is 25.1 Å². The van der Waals surface area contributed by atoms with Crippen LogP contribution in [0.1, 0.15) is 38.1 Å². The summed E-state index contributed by atoms with van der Waals surface area (Å²) in [7, 11) is 0. The molecule has 0 spiro atoms. The number of fused-ring (bicyclic) bond motifs is 1. The van der Waals surface area contributed by atoms with Gasteiger partial charge in [0, 0.05) is 10.9 Å².